The fraction of sp³-hybridized carbons (Fsp3) is 0.462. The van der Waals surface area contributed by atoms with Gasteiger partial charge in [-0.2, -0.15) is 0 Å². The van der Waals surface area contributed by atoms with Crippen molar-refractivity contribution in [2.75, 3.05) is 31.7 Å². The molecular formula is C13H19NO2. The Labute approximate surface area is 97.0 Å². The first-order valence-electron chi connectivity index (χ1n) is 5.53. The van der Waals surface area contributed by atoms with Crippen LogP contribution in [0.4, 0.5) is 5.69 Å². The molecular weight excluding hydrogens is 202 g/mol. The summed E-state index contributed by atoms with van der Waals surface area (Å²) in [5.74, 6) is 0. The molecule has 0 fully saturated rings. The molecule has 16 heavy (non-hydrogen) atoms. The molecule has 0 heterocycles. The third-order valence-electron chi connectivity index (χ3n) is 2.50. The van der Waals surface area contributed by atoms with E-state index in [1.807, 2.05) is 44.0 Å². The SMILES string of the molecule is CCOCCN(C)c1ccc(C)cc1C=O. The van der Waals surface area contributed by atoms with Gasteiger partial charge in [-0.1, -0.05) is 11.6 Å². The number of rotatable bonds is 6. The lowest BCUT2D eigenvalue weighted by atomic mass is 10.1. The molecule has 3 heteroatoms. The molecule has 1 aromatic carbocycles. The smallest absolute Gasteiger partial charge is 0.152 e. The number of hydrogen-bond donors (Lipinski definition) is 0. The highest BCUT2D eigenvalue weighted by atomic mass is 16.5. The highest BCUT2D eigenvalue weighted by molar-refractivity contribution is 5.84. The van der Waals surface area contributed by atoms with Crippen LogP contribution in [-0.2, 0) is 4.74 Å². The molecule has 0 aliphatic rings. The molecule has 0 radical (unpaired) electrons. The number of aldehydes is 1. The van der Waals surface area contributed by atoms with Crippen molar-refractivity contribution in [1.29, 1.82) is 0 Å². The average molecular weight is 221 g/mol. The molecule has 0 N–H and O–H groups in total. The van der Waals surface area contributed by atoms with Crippen molar-refractivity contribution < 1.29 is 9.53 Å². The number of carbonyl (C=O) groups excluding carboxylic acids is 1. The molecule has 3 nitrogen and oxygen atoms in total. The van der Waals surface area contributed by atoms with E-state index in [9.17, 15) is 4.79 Å². The fourth-order valence-electron chi connectivity index (χ4n) is 1.58. The van der Waals surface area contributed by atoms with Crippen LogP contribution in [0.2, 0.25) is 0 Å². The van der Waals surface area contributed by atoms with Gasteiger partial charge in [0.25, 0.3) is 0 Å². The maximum atomic E-state index is 11.0. The van der Waals surface area contributed by atoms with Crippen LogP contribution in [0.5, 0.6) is 0 Å². The highest BCUT2D eigenvalue weighted by Crippen LogP contribution is 2.18. The largest absolute Gasteiger partial charge is 0.380 e. The van der Waals surface area contributed by atoms with E-state index in [1.165, 1.54) is 0 Å². The maximum Gasteiger partial charge on any atom is 0.152 e. The summed E-state index contributed by atoms with van der Waals surface area (Å²) in [5, 5.41) is 0. The lowest BCUT2D eigenvalue weighted by Gasteiger charge is -2.21. The molecule has 0 bridgehead atoms. The van der Waals surface area contributed by atoms with E-state index in [0.29, 0.717) is 6.61 Å². The van der Waals surface area contributed by atoms with Gasteiger partial charge in [0.05, 0.1) is 6.61 Å². The van der Waals surface area contributed by atoms with Gasteiger partial charge in [-0.25, -0.2) is 0 Å². The van der Waals surface area contributed by atoms with Gasteiger partial charge < -0.3 is 9.64 Å². The van der Waals surface area contributed by atoms with E-state index in [1.54, 1.807) is 0 Å². The second-order valence-electron chi connectivity index (χ2n) is 3.80. The zero-order valence-electron chi connectivity index (χ0n) is 10.2. The van der Waals surface area contributed by atoms with Crippen LogP contribution in [0.3, 0.4) is 0 Å². The normalized spacial score (nSPS) is 10.2. The van der Waals surface area contributed by atoms with Gasteiger partial charge in [-0.15, -0.1) is 0 Å². The number of likely N-dealkylation sites (N-methyl/N-ethyl adjacent to an activating group) is 1. The first-order chi connectivity index (χ1) is 7.69. The average Bonchev–Trinajstić information content (AvgIpc) is 2.29. The Morgan fingerprint density at radius 1 is 1.44 bits per heavy atom. The summed E-state index contributed by atoms with van der Waals surface area (Å²) in [6.45, 7) is 6.15. The van der Waals surface area contributed by atoms with E-state index in [0.717, 1.165) is 36.3 Å². The first kappa shape index (κ1) is 12.7. The third-order valence-corrected chi connectivity index (χ3v) is 2.50. The van der Waals surface area contributed by atoms with Crippen LogP contribution < -0.4 is 4.90 Å². The maximum absolute atomic E-state index is 11.0. The van der Waals surface area contributed by atoms with Crippen molar-refractivity contribution in [2.24, 2.45) is 0 Å². The van der Waals surface area contributed by atoms with Crippen molar-refractivity contribution in [2.45, 2.75) is 13.8 Å². The predicted molar refractivity (Wildman–Crippen MR) is 66.3 cm³/mol. The third kappa shape index (κ3) is 3.35. The Hall–Kier alpha value is -1.35. The molecule has 0 saturated heterocycles. The molecule has 88 valence electrons. The fourth-order valence-corrected chi connectivity index (χ4v) is 1.58. The van der Waals surface area contributed by atoms with E-state index in [2.05, 4.69) is 0 Å². The van der Waals surface area contributed by atoms with E-state index < -0.39 is 0 Å². The van der Waals surface area contributed by atoms with Gasteiger partial charge in [0, 0.05) is 31.5 Å². The molecule has 1 aromatic rings. The standard InChI is InChI=1S/C13H19NO2/c1-4-16-8-7-14(3)13-6-5-11(2)9-12(13)10-15/h5-6,9-10H,4,7-8H2,1-3H3. The molecule has 1 rings (SSSR count). The summed E-state index contributed by atoms with van der Waals surface area (Å²) in [4.78, 5) is 13.0. The van der Waals surface area contributed by atoms with Crippen LogP contribution in [0, 0.1) is 6.92 Å². The summed E-state index contributed by atoms with van der Waals surface area (Å²) in [5.41, 5.74) is 2.79. The van der Waals surface area contributed by atoms with Gasteiger partial charge >= 0.3 is 0 Å². The number of anilines is 1. The molecule has 0 amide bonds. The number of hydrogen-bond acceptors (Lipinski definition) is 3. The lowest BCUT2D eigenvalue weighted by Crippen LogP contribution is -2.23. The minimum absolute atomic E-state index is 0.680. The quantitative estimate of drug-likeness (QED) is 0.545. The Morgan fingerprint density at radius 2 is 2.19 bits per heavy atom. The summed E-state index contributed by atoms with van der Waals surface area (Å²) in [6.07, 6.45) is 0.902. The summed E-state index contributed by atoms with van der Waals surface area (Å²) < 4.78 is 5.29. The van der Waals surface area contributed by atoms with Crippen molar-refractivity contribution in [3.63, 3.8) is 0 Å². The first-order valence-corrected chi connectivity index (χ1v) is 5.53. The number of aryl methyl sites for hydroxylation is 1. The zero-order chi connectivity index (χ0) is 12.0. The molecule has 0 unspecified atom stereocenters. The van der Waals surface area contributed by atoms with E-state index in [4.69, 9.17) is 4.74 Å². The van der Waals surface area contributed by atoms with Gasteiger partial charge in [-0.05, 0) is 26.0 Å². The lowest BCUT2D eigenvalue weighted by molar-refractivity contribution is 0.112. The van der Waals surface area contributed by atoms with Gasteiger partial charge in [0.2, 0.25) is 0 Å². The van der Waals surface area contributed by atoms with E-state index in [-0.39, 0.29) is 0 Å². The Morgan fingerprint density at radius 3 is 2.81 bits per heavy atom. The van der Waals surface area contributed by atoms with Gasteiger partial charge in [0.1, 0.15) is 0 Å². The topological polar surface area (TPSA) is 29.5 Å². The highest BCUT2D eigenvalue weighted by Gasteiger charge is 2.06. The van der Waals surface area contributed by atoms with Crippen LogP contribution >= 0.6 is 0 Å². The van der Waals surface area contributed by atoms with E-state index >= 15 is 0 Å². The van der Waals surface area contributed by atoms with Gasteiger partial charge in [0.15, 0.2) is 6.29 Å². The molecule has 0 aliphatic heterocycles. The van der Waals surface area contributed by atoms with Crippen molar-refractivity contribution in [3.8, 4) is 0 Å². The second kappa shape index (κ2) is 6.28. The summed E-state index contributed by atoms with van der Waals surface area (Å²) in [6, 6.07) is 5.89. The van der Waals surface area contributed by atoms with Crippen molar-refractivity contribution >= 4 is 12.0 Å². The minimum Gasteiger partial charge on any atom is -0.380 e. The Kier molecular flexibility index (Phi) is 4.99. The second-order valence-corrected chi connectivity index (χ2v) is 3.80. The predicted octanol–water partition coefficient (Wildman–Crippen LogP) is 2.28. The number of carbonyl (C=O) groups is 1. The van der Waals surface area contributed by atoms with Crippen LogP contribution in [0.15, 0.2) is 18.2 Å². The molecule has 0 aromatic heterocycles. The molecule has 0 spiro atoms. The Bertz CT molecular complexity index is 350. The number of nitrogens with zero attached hydrogens (tertiary/aromatic N) is 1. The van der Waals surface area contributed by atoms with Gasteiger partial charge in [-0.3, -0.25) is 4.79 Å². The summed E-state index contributed by atoms with van der Waals surface area (Å²) in [7, 11) is 1.97. The monoisotopic (exact) mass is 221 g/mol. The van der Waals surface area contributed by atoms with Crippen molar-refractivity contribution in [3.05, 3.63) is 29.3 Å². The minimum atomic E-state index is 0.680. The molecule has 0 aliphatic carbocycles. The number of benzene rings is 1. The van der Waals surface area contributed by atoms with Crippen LogP contribution in [-0.4, -0.2) is 33.1 Å². The zero-order valence-corrected chi connectivity index (χ0v) is 10.2. The van der Waals surface area contributed by atoms with Crippen LogP contribution in [0.1, 0.15) is 22.8 Å². The van der Waals surface area contributed by atoms with Crippen LogP contribution in [0.25, 0.3) is 0 Å². The summed E-state index contributed by atoms with van der Waals surface area (Å²) >= 11 is 0. The number of ether oxygens (including phenoxy) is 1. The molecule has 0 atom stereocenters. The molecule has 0 saturated carbocycles. The van der Waals surface area contributed by atoms with Crippen molar-refractivity contribution in [1.82, 2.24) is 0 Å². The Balaban J connectivity index is 2.74.